The second-order valence-electron chi connectivity index (χ2n) is 4.31. The molecule has 88 valence electrons. The van der Waals surface area contributed by atoms with E-state index in [2.05, 4.69) is 25.7 Å². The lowest BCUT2D eigenvalue weighted by atomic mass is 10.1. The molecule has 0 bridgehead atoms. The highest BCUT2D eigenvalue weighted by Crippen LogP contribution is 2.31. The normalized spacial score (nSPS) is 22.1. The van der Waals surface area contributed by atoms with Gasteiger partial charge >= 0.3 is 0 Å². The van der Waals surface area contributed by atoms with Crippen LogP contribution in [0.3, 0.4) is 0 Å². The molecule has 1 fully saturated rings. The van der Waals surface area contributed by atoms with Gasteiger partial charge in [0.2, 0.25) is 0 Å². The molecular weight excluding hydrogens is 272 g/mol. The first-order chi connectivity index (χ1) is 7.86. The quantitative estimate of drug-likeness (QED) is 0.793. The highest BCUT2D eigenvalue weighted by atomic mass is 79.9. The van der Waals surface area contributed by atoms with Crippen LogP contribution in [-0.4, -0.2) is 29.6 Å². The molecule has 1 aromatic heterocycles. The molecule has 2 aliphatic rings. The molecule has 0 aromatic carbocycles. The molecule has 5 heteroatoms. The minimum absolute atomic E-state index is 0.480. The summed E-state index contributed by atoms with van der Waals surface area (Å²) in [5, 5.41) is 4.66. The molecule has 0 amide bonds. The van der Waals surface area contributed by atoms with Crippen molar-refractivity contribution in [3.8, 4) is 0 Å². The smallest absolute Gasteiger partial charge is 0.108 e. The monoisotopic (exact) mass is 286 g/mol. The van der Waals surface area contributed by atoms with Crippen LogP contribution in [0.1, 0.15) is 30.1 Å². The largest absolute Gasteiger partial charge is 0.381 e. The first-order valence-corrected chi connectivity index (χ1v) is 6.57. The van der Waals surface area contributed by atoms with Crippen LogP contribution in [0.4, 0.5) is 0 Å². The van der Waals surface area contributed by atoms with Crippen LogP contribution in [-0.2, 0) is 22.5 Å². The van der Waals surface area contributed by atoms with E-state index in [1.165, 1.54) is 5.56 Å². The van der Waals surface area contributed by atoms with Gasteiger partial charge in [-0.15, -0.1) is 0 Å². The Morgan fingerprint density at radius 2 is 2.00 bits per heavy atom. The standard InChI is InChI=1S/C11H15BrN2O2/c12-11-9-3-6-16-7-10(9)13-14(11)8-1-4-15-5-2-8/h8H,1-7H2. The molecule has 2 aliphatic heterocycles. The first-order valence-electron chi connectivity index (χ1n) is 5.77. The number of fused-ring (bicyclic) bond motifs is 1. The van der Waals surface area contributed by atoms with Gasteiger partial charge in [0.15, 0.2) is 0 Å². The molecule has 0 radical (unpaired) electrons. The maximum atomic E-state index is 5.43. The van der Waals surface area contributed by atoms with Gasteiger partial charge in [-0.1, -0.05) is 0 Å². The molecule has 0 saturated carbocycles. The minimum Gasteiger partial charge on any atom is -0.381 e. The summed E-state index contributed by atoms with van der Waals surface area (Å²) >= 11 is 3.68. The Balaban J connectivity index is 1.91. The average Bonchev–Trinajstić information content (AvgIpc) is 2.69. The van der Waals surface area contributed by atoms with Crippen molar-refractivity contribution in [2.75, 3.05) is 19.8 Å². The van der Waals surface area contributed by atoms with Crippen LogP contribution < -0.4 is 0 Å². The Hall–Kier alpha value is -0.390. The summed E-state index contributed by atoms with van der Waals surface area (Å²) in [5.41, 5.74) is 2.43. The number of hydrogen-bond acceptors (Lipinski definition) is 3. The highest BCUT2D eigenvalue weighted by Gasteiger charge is 2.24. The Kier molecular flexibility index (Phi) is 3.00. The van der Waals surface area contributed by atoms with Gasteiger partial charge in [-0.25, -0.2) is 0 Å². The zero-order valence-corrected chi connectivity index (χ0v) is 10.7. The van der Waals surface area contributed by atoms with Crippen LogP contribution in [0, 0.1) is 0 Å². The number of rotatable bonds is 1. The van der Waals surface area contributed by atoms with Gasteiger partial charge < -0.3 is 9.47 Å². The molecular formula is C11H15BrN2O2. The molecule has 1 saturated heterocycles. The fourth-order valence-corrected chi connectivity index (χ4v) is 3.17. The van der Waals surface area contributed by atoms with E-state index in [0.717, 1.165) is 49.4 Å². The lowest BCUT2D eigenvalue weighted by Crippen LogP contribution is -2.20. The van der Waals surface area contributed by atoms with Crippen molar-refractivity contribution in [3.05, 3.63) is 15.9 Å². The van der Waals surface area contributed by atoms with Crippen LogP contribution in [0.25, 0.3) is 0 Å². The molecule has 0 spiro atoms. The van der Waals surface area contributed by atoms with E-state index in [0.29, 0.717) is 12.6 Å². The average molecular weight is 287 g/mol. The van der Waals surface area contributed by atoms with Crippen molar-refractivity contribution in [1.29, 1.82) is 0 Å². The van der Waals surface area contributed by atoms with E-state index in [1.807, 2.05) is 0 Å². The molecule has 0 atom stereocenters. The van der Waals surface area contributed by atoms with Crippen LogP contribution in [0.15, 0.2) is 4.60 Å². The summed E-state index contributed by atoms with van der Waals surface area (Å²) in [5.74, 6) is 0. The van der Waals surface area contributed by atoms with Crippen molar-refractivity contribution < 1.29 is 9.47 Å². The van der Waals surface area contributed by atoms with E-state index in [-0.39, 0.29) is 0 Å². The summed E-state index contributed by atoms with van der Waals surface area (Å²) in [6.07, 6.45) is 3.08. The zero-order chi connectivity index (χ0) is 11.0. The topological polar surface area (TPSA) is 36.3 Å². The van der Waals surface area contributed by atoms with E-state index < -0.39 is 0 Å². The van der Waals surface area contributed by atoms with E-state index >= 15 is 0 Å². The third kappa shape index (κ3) is 1.81. The minimum atomic E-state index is 0.480. The third-order valence-corrected chi connectivity index (χ3v) is 4.14. The highest BCUT2D eigenvalue weighted by molar-refractivity contribution is 9.10. The van der Waals surface area contributed by atoms with Gasteiger partial charge in [0.1, 0.15) is 4.60 Å². The first kappa shape index (κ1) is 10.7. The summed E-state index contributed by atoms with van der Waals surface area (Å²) in [6.45, 7) is 3.16. The lowest BCUT2D eigenvalue weighted by Gasteiger charge is -2.23. The van der Waals surface area contributed by atoms with Crippen molar-refractivity contribution in [1.82, 2.24) is 9.78 Å². The van der Waals surface area contributed by atoms with Gasteiger partial charge in [0.25, 0.3) is 0 Å². The maximum Gasteiger partial charge on any atom is 0.108 e. The van der Waals surface area contributed by atoms with Crippen LogP contribution in [0.5, 0.6) is 0 Å². The fraction of sp³-hybridized carbons (Fsp3) is 0.727. The van der Waals surface area contributed by atoms with Gasteiger partial charge in [-0.3, -0.25) is 4.68 Å². The van der Waals surface area contributed by atoms with E-state index in [1.54, 1.807) is 0 Å². The molecule has 4 nitrogen and oxygen atoms in total. The summed E-state index contributed by atoms with van der Waals surface area (Å²) in [4.78, 5) is 0. The number of aromatic nitrogens is 2. The lowest BCUT2D eigenvalue weighted by molar-refractivity contribution is 0.0650. The Bertz CT molecular complexity index is 386. The Morgan fingerprint density at radius 3 is 2.75 bits per heavy atom. The predicted octanol–water partition coefficient (Wildman–Crippen LogP) is 2.07. The third-order valence-electron chi connectivity index (χ3n) is 3.30. The summed E-state index contributed by atoms with van der Waals surface area (Å²) < 4.78 is 14.1. The number of halogens is 1. The van der Waals surface area contributed by atoms with Gasteiger partial charge in [0.05, 0.1) is 24.9 Å². The van der Waals surface area contributed by atoms with Crippen molar-refractivity contribution in [3.63, 3.8) is 0 Å². The number of ether oxygens (including phenoxy) is 2. The zero-order valence-electron chi connectivity index (χ0n) is 9.12. The number of hydrogen-bond donors (Lipinski definition) is 0. The molecule has 16 heavy (non-hydrogen) atoms. The fourth-order valence-electron chi connectivity index (χ4n) is 2.37. The second kappa shape index (κ2) is 4.47. The van der Waals surface area contributed by atoms with Gasteiger partial charge in [-0.2, -0.15) is 5.10 Å². The molecule has 0 N–H and O–H groups in total. The molecule has 3 rings (SSSR count). The maximum absolute atomic E-state index is 5.43. The van der Waals surface area contributed by atoms with Crippen molar-refractivity contribution >= 4 is 15.9 Å². The van der Waals surface area contributed by atoms with Crippen LogP contribution >= 0.6 is 15.9 Å². The van der Waals surface area contributed by atoms with Gasteiger partial charge in [0, 0.05) is 25.2 Å². The molecule has 1 aromatic rings. The number of nitrogens with zero attached hydrogens (tertiary/aromatic N) is 2. The van der Waals surface area contributed by atoms with Crippen LogP contribution in [0.2, 0.25) is 0 Å². The van der Waals surface area contributed by atoms with E-state index in [4.69, 9.17) is 9.47 Å². The molecule has 0 unspecified atom stereocenters. The Morgan fingerprint density at radius 1 is 1.19 bits per heavy atom. The van der Waals surface area contributed by atoms with Crippen molar-refractivity contribution in [2.45, 2.75) is 31.9 Å². The molecule has 3 heterocycles. The Labute approximate surface area is 103 Å². The summed E-state index contributed by atoms with van der Waals surface area (Å²) in [6, 6.07) is 0.480. The summed E-state index contributed by atoms with van der Waals surface area (Å²) in [7, 11) is 0. The van der Waals surface area contributed by atoms with Crippen molar-refractivity contribution in [2.24, 2.45) is 0 Å². The SMILES string of the molecule is Brc1c2c(nn1C1CCOCC1)COCC2. The second-order valence-corrected chi connectivity index (χ2v) is 5.06. The van der Waals surface area contributed by atoms with E-state index in [9.17, 15) is 0 Å². The molecule has 0 aliphatic carbocycles. The van der Waals surface area contributed by atoms with Gasteiger partial charge in [-0.05, 0) is 28.8 Å². The predicted molar refractivity (Wildman–Crippen MR) is 62.4 cm³/mol.